The zero-order valence-electron chi connectivity index (χ0n) is 12.5. The third-order valence-electron chi connectivity index (χ3n) is 3.43. The second-order valence-electron chi connectivity index (χ2n) is 4.73. The molecule has 0 aromatic heterocycles. The monoisotopic (exact) mass is 311 g/mol. The number of rotatable bonds is 7. The molecule has 0 saturated carbocycles. The maximum Gasteiger partial charge on any atom is 0.328 e. The van der Waals surface area contributed by atoms with Gasteiger partial charge in [0.1, 0.15) is 0 Å². The zero-order chi connectivity index (χ0) is 16.0. The molecule has 0 aliphatic rings. The van der Waals surface area contributed by atoms with Gasteiger partial charge in [-0.05, 0) is 36.6 Å². The summed E-state index contributed by atoms with van der Waals surface area (Å²) in [5.74, 6) is -1.04. The quantitative estimate of drug-likeness (QED) is 0.785. The normalized spacial score (nSPS) is 12.4. The van der Waals surface area contributed by atoms with Crippen LogP contribution < -0.4 is 0 Å². The van der Waals surface area contributed by atoms with Gasteiger partial charge < -0.3 is 5.11 Å². The molecule has 21 heavy (non-hydrogen) atoms. The molecular formula is C15H21NO4S. The van der Waals surface area contributed by atoms with Gasteiger partial charge in [-0.2, -0.15) is 4.31 Å². The molecule has 1 rings (SSSR count). The fourth-order valence-electron chi connectivity index (χ4n) is 2.08. The van der Waals surface area contributed by atoms with E-state index in [2.05, 4.69) is 0 Å². The van der Waals surface area contributed by atoms with Crippen LogP contribution in [0.15, 0.2) is 35.2 Å². The summed E-state index contributed by atoms with van der Waals surface area (Å²) in [6.07, 6.45) is 3.94. The van der Waals surface area contributed by atoms with E-state index in [1.54, 1.807) is 19.2 Å². The van der Waals surface area contributed by atoms with E-state index in [0.29, 0.717) is 5.56 Å². The molecule has 0 unspecified atom stereocenters. The van der Waals surface area contributed by atoms with Gasteiger partial charge in [0.05, 0.1) is 4.90 Å². The Hall–Kier alpha value is -1.66. The SMILES string of the molecule is CCC(CC)N(C)S(=O)(=O)c1ccc(/C=C/C(=O)O)cc1. The Balaban J connectivity index is 3.02. The second kappa shape index (κ2) is 7.38. The first kappa shape index (κ1) is 17.4. The Kier molecular flexibility index (Phi) is 6.11. The number of hydrogen-bond acceptors (Lipinski definition) is 3. The minimum Gasteiger partial charge on any atom is -0.478 e. The van der Waals surface area contributed by atoms with Crippen LogP contribution >= 0.6 is 0 Å². The van der Waals surface area contributed by atoms with Crippen molar-refractivity contribution < 1.29 is 18.3 Å². The van der Waals surface area contributed by atoms with Gasteiger partial charge in [-0.25, -0.2) is 13.2 Å². The van der Waals surface area contributed by atoms with E-state index in [0.717, 1.165) is 18.9 Å². The maximum atomic E-state index is 12.5. The van der Waals surface area contributed by atoms with E-state index in [9.17, 15) is 13.2 Å². The molecule has 1 N–H and O–H groups in total. The predicted molar refractivity (Wildman–Crippen MR) is 82.4 cm³/mol. The summed E-state index contributed by atoms with van der Waals surface area (Å²) in [5, 5.41) is 8.56. The molecule has 1 aromatic rings. The minimum absolute atomic E-state index is 0.0263. The van der Waals surface area contributed by atoms with Gasteiger partial charge >= 0.3 is 5.97 Å². The van der Waals surface area contributed by atoms with E-state index >= 15 is 0 Å². The first-order chi connectivity index (χ1) is 9.82. The van der Waals surface area contributed by atoms with E-state index < -0.39 is 16.0 Å². The molecule has 6 heteroatoms. The fraction of sp³-hybridized carbons (Fsp3) is 0.400. The van der Waals surface area contributed by atoms with Crippen LogP contribution in [0.3, 0.4) is 0 Å². The Morgan fingerprint density at radius 2 is 1.76 bits per heavy atom. The summed E-state index contributed by atoms with van der Waals surface area (Å²) < 4.78 is 26.4. The van der Waals surface area contributed by atoms with Gasteiger partial charge in [0, 0.05) is 19.2 Å². The van der Waals surface area contributed by atoms with E-state index in [-0.39, 0.29) is 10.9 Å². The van der Waals surface area contributed by atoms with Crippen molar-refractivity contribution in [2.45, 2.75) is 37.6 Å². The van der Waals surface area contributed by atoms with Gasteiger partial charge in [0.2, 0.25) is 10.0 Å². The number of aliphatic carboxylic acids is 1. The first-order valence-corrected chi connectivity index (χ1v) is 8.26. The lowest BCUT2D eigenvalue weighted by Gasteiger charge is -2.25. The third kappa shape index (κ3) is 4.41. The van der Waals surface area contributed by atoms with Crippen molar-refractivity contribution >= 4 is 22.1 Å². The predicted octanol–water partition coefficient (Wildman–Crippen LogP) is 2.59. The highest BCUT2D eigenvalue weighted by Crippen LogP contribution is 2.20. The molecule has 0 heterocycles. The highest BCUT2D eigenvalue weighted by molar-refractivity contribution is 7.89. The molecule has 0 spiro atoms. The van der Waals surface area contributed by atoms with Crippen LogP contribution in [-0.2, 0) is 14.8 Å². The lowest BCUT2D eigenvalue weighted by molar-refractivity contribution is -0.131. The summed E-state index contributed by atoms with van der Waals surface area (Å²) >= 11 is 0. The number of sulfonamides is 1. The number of carboxylic acids is 1. The molecule has 0 fully saturated rings. The van der Waals surface area contributed by atoms with Crippen LogP contribution in [0, 0.1) is 0 Å². The van der Waals surface area contributed by atoms with Crippen molar-refractivity contribution in [3.8, 4) is 0 Å². The molecule has 0 saturated heterocycles. The number of hydrogen-bond donors (Lipinski definition) is 1. The Morgan fingerprint density at radius 1 is 1.24 bits per heavy atom. The Morgan fingerprint density at radius 3 is 2.19 bits per heavy atom. The van der Waals surface area contributed by atoms with Crippen LogP contribution in [0.5, 0.6) is 0 Å². The zero-order valence-corrected chi connectivity index (χ0v) is 13.3. The van der Waals surface area contributed by atoms with Gasteiger partial charge in [-0.3, -0.25) is 0 Å². The minimum atomic E-state index is -3.52. The molecule has 116 valence electrons. The molecule has 0 radical (unpaired) electrons. The van der Waals surface area contributed by atoms with Crippen molar-refractivity contribution in [3.05, 3.63) is 35.9 Å². The smallest absolute Gasteiger partial charge is 0.328 e. The molecule has 0 aliphatic heterocycles. The number of carboxylic acid groups (broad SMARTS) is 1. The lowest BCUT2D eigenvalue weighted by atomic mass is 10.2. The summed E-state index contributed by atoms with van der Waals surface area (Å²) in [7, 11) is -1.93. The molecular weight excluding hydrogens is 290 g/mol. The highest BCUT2D eigenvalue weighted by Gasteiger charge is 2.25. The third-order valence-corrected chi connectivity index (χ3v) is 5.36. The summed E-state index contributed by atoms with van der Waals surface area (Å²) in [4.78, 5) is 10.7. The Bertz CT molecular complexity index is 601. The topological polar surface area (TPSA) is 74.7 Å². The fourth-order valence-corrected chi connectivity index (χ4v) is 3.59. The molecule has 0 bridgehead atoms. The van der Waals surface area contributed by atoms with Crippen molar-refractivity contribution in [2.75, 3.05) is 7.05 Å². The highest BCUT2D eigenvalue weighted by atomic mass is 32.2. The number of benzene rings is 1. The van der Waals surface area contributed by atoms with Crippen molar-refractivity contribution in [2.24, 2.45) is 0 Å². The van der Waals surface area contributed by atoms with Gasteiger partial charge in [-0.15, -0.1) is 0 Å². The molecule has 0 amide bonds. The van der Waals surface area contributed by atoms with Crippen molar-refractivity contribution in [1.82, 2.24) is 4.31 Å². The number of nitrogens with zero attached hydrogens (tertiary/aromatic N) is 1. The average molecular weight is 311 g/mol. The first-order valence-electron chi connectivity index (χ1n) is 6.82. The largest absolute Gasteiger partial charge is 0.478 e. The standard InChI is InChI=1S/C15H21NO4S/c1-4-13(5-2)16(3)21(19,20)14-9-6-12(7-10-14)8-11-15(17)18/h6-11,13H,4-5H2,1-3H3,(H,17,18)/b11-8+. The number of carbonyl (C=O) groups is 1. The van der Waals surface area contributed by atoms with Crippen molar-refractivity contribution in [1.29, 1.82) is 0 Å². The van der Waals surface area contributed by atoms with Crippen molar-refractivity contribution in [3.63, 3.8) is 0 Å². The maximum absolute atomic E-state index is 12.5. The van der Waals surface area contributed by atoms with Gasteiger partial charge in [0.25, 0.3) is 0 Å². The lowest BCUT2D eigenvalue weighted by Crippen LogP contribution is -2.36. The summed E-state index contributed by atoms with van der Waals surface area (Å²) in [5.41, 5.74) is 0.640. The van der Waals surface area contributed by atoms with Crippen LogP contribution in [0.2, 0.25) is 0 Å². The molecule has 0 atom stereocenters. The van der Waals surface area contributed by atoms with Crippen LogP contribution in [0.1, 0.15) is 32.3 Å². The van der Waals surface area contributed by atoms with Crippen LogP contribution in [-0.4, -0.2) is 36.9 Å². The molecule has 0 aliphatic carbocycles. The summed E-state index contributed by atoms with van der Waals surface area (Å²) in [6, 6.07) is 6.15. The summed E-state index contributed by atoms with van der Waals surface area (Å²) in [6.45, 7) is 3.92. The average Bonchev–Trinajstić information content (AvgIpc) is 2.46. The molecule has 1 aromatic carbocycles. The van der Waals surface area contributed by atoms with Gasteiger partial charge in [0.15, 0.2) is 0 Å². The van der Waals surface area contributed by atoms with Crippen LogP contribution in [0.4, 0.5) is 0 Å². The second-order valence-corrected chi connectivity index (χ2v) is 6.73. The van der Waals surface area contributed by atoms with Gasteiger partial charge in [-0.1, -0.05) is 26.0 Å². The van der Waals surface area contributed by atoms with E-state index in [1.807, 2.05) is 13.8 Å². The Labute approximate surface area is 126 Å². The van der Waals surface area contributed by atoms with Crippen LogP contribution in [0.25, 0.3) is 6.08 Å². The molecule has 5 nitrogen and oxygen atoms in total. The van der Waals surface area contributed by atoms with E-state index in [1.165, 1.54) is 22.5 Å². The van der Waals surface area contributed by atoms with E-state index in [4.69, 9.17) is 5.11 Å².